The van der Waals surface area contributed by atoms with Crippen LogP contribution in [-0.2, 0) is 28.6 Å². The van der Waals surface area contributed by atoms with Gasteiger partial charge in [-0.15, -0.1) is 13.2 Å². The molecule has 4 atom stereocenters. The molecule has 0 bridgehead atoms. The Kier molecular flexibility index (Phi) is 12.8. The molecule has 1 aliphatic carbocycles. The molecule has 0 spiro atoms. The van der Waals surface area contributed by atoms with Crippen LogP contribution in [0.25, 0.3) is 11.1 Å². The molecule has 50 heavy (non-hydrogen) atoms. The molecule has 264 valence electrons. The molecule has 1 aliphatic rings. The lowest BCUT2D eigenvalue weighted by atomic mass is 9.96. The van der Waals surface area contributed by atoms with Crippen molar-refractivity contribution in [1.82, 2.24) is 10.2 Å². The highest BCUT2D eigenvalue weighted by atomic mass is 16.6. The Morgan fingerprint density at radius 3 is 1.98 bits per heavy atom. The summed E-state index contributed by atoms with van der Waals surface area (Å²) < 4.78 is 17.2. The Morgan fingerprint density at radius 2 is 1.42 bits per heavy atom. The second kappa shape index (κ2) is 17.0. The molecular formula is C41H48N2O7. The van der Waals surface area contributed by atoms with Crippen LogP contribution >= 0.6 is 0 Å². The van der Waals surface area contributed by atoms with Gasteiger partial charge in [0.1, 0.15) is 24.4 Å². The van der Waals surface area contributed by atoms with Gasteiger partial charge >= 0.3 is 18.0 Å². The highest BCUT2D eigenvalue weighted by Gasteiger charge is 2.36. The maximum atomic E-state index is 13.8. The Hall–Kier alpha value is -5.18. The number of carbonyl (C=O) groups is 4. The van der Waals surface area contributed by atoms with Crippen LogP contribution in [0.5, 0.6) is 0 Å². The second-order valence-electron chi connectivity index (χ2n) is 13.5. The van der Waals surface area contributed by atoms with Gasteiger partial charge < -0.3 is 24.4 Å². The molecule has 3 aromatic carbocycles. The van der Waals surface area contributed by atoms with E-state index in [0.29, 0.717) is 5.56 Å². The zero-order valence-corrected chi connectivity index (χ0v) is 29.6. The third-order valence-electron chi connectivity index (χ3n) is 8.72. The average Bonchev–Trinajstić information content (AvgIpc) is 3.41. The van der Waals surface area contributed by atoms with Crippen molar-refractivity contribution in [3.63, 3.8) is 0 Å². The fourth-order valence-corrected chi connectivity index (χ4v) is 6.21. The van der Waals surface area contributed by atoms with Gasteiger partial charge in [-0.05, 0) is 68.4 Å². The molecule has 4 rings (SSSR count). The zero-order chi connectivity index (χ0) is 36.4. The van der Waals surface area contributed by atoms with Crippen LogP contribution in [0.4, 0.5) is 4.79 Å². The minimum atomic E-state index is -1.09. The van der Waals surface area contributed by atoms with Crippen molar-refractivity contribution in [2.75, 3.05) is 13.7 Å². The lowest BCUT2D eigenvalue weighted by Crippen LogP contribution is -2.46. The van der Waals surface area contributed by atoms with Crippen LogP contribution in [0.2, 0.25) is 0 Å². The first-order chi connectivity index (χ1) is 23.8. The molecule has 0 heterocycles. The lowest BCUT2D eigenvalue weighted by Gasteiger charge is -2.34. The van der Waals surface area contributed by atoms with E-state index in [0.717, 1.165) is 22.3 Å². The van der Waals surface area contributed by atoms with Gasteiger partial charge in [0.2, 0.25) is 5.91 Å². The molecule has 0 saturated heterocycles. The Balaban J connectivity index is 1.47. The van der Waals surface area contributed by atoms with E-state index < -0.39 is 47.7 Å². The maximum Gasteiger partial charge on any atom is 0.407 e. The van der Waals surface area contributed by atoms with E-state index in [9.17, 15) is 19.2 Å². The molecule has 9 nitrogen and oxygen atoms in total. The first kappa shape index (κ1) is 37.6. The third-order valence-corrected chi connectivity index (χ3v) is 8.72. The summed E-state index contributed by atoms with van der Waals surface area (Å²) in [7, 11) is 1.61. The van der Waals surface area contributed by atoms with E-state index >= 15 is 0 Å². The van der Waals surface area contributed by atoms with Crippen LogP contribution in [0.15, 0.2) is 104 Å². The quantitative estimate of drug-likeness (QED) is 0.100. The van der Waals surface area contributed by atoms with E-state index in [1.165, 1.54) is 11.0 Å². The van der Waals surface area contributed by atoms with Gasteiger partial charge in [-0.2, -0.15) is 0 Å². The number of allylic oxidation sites excluding steroid dienone is 1. The molecule has 1 N–H and O–H groups in total. The Bertz CT molecular complexity index is 1630. The number of esters is 2. The highest BCUT2D eigenvalue weighted by molar-refractivity contribution is 5.85. The van der Waals surface area contributed by atoms with Crippen molar-refractivity contribution in [3.8, 4) is 11.1 Å². The van der Waals surface area contributed by atoms with Crippen LogP contribution in [0, 0.1) is 5.92 Å². The topological polar surface area (TPSA) is 111 Å². The zero-order valence-electron chi connectivity index (χ0n) is 29.6. The summed E-state index contributed by atoms with van der Waals surface area (Å²) in [6.07, 6.45) is 1.67. The van der Waals surface area contributed by atoms with Crippen molar-refractivity contribution in [3.05, 3.63) is 121 Å². The van der Waals surface area contributed by atoms with Crippen molar-refractivity contribution < 1.29 is 33.4 Å². The number of rotatable bonds is 15. The van der Waals surface area contributed by atoms with Gasteiger partial charge in [0.25, 0.3) is 0 Å². The van der Waals surface area contributed by atoms with Crippen LogP contribution in [0.3, 0.4) is 0 Å². The van der Waals surface area contributed by atoms with Crippen LogP contribution < -0.4 is 5.32 Å². The number of amides is 2. The molecule has 2 unspecified atom stereocenters. The van der Waals surface area contributed by atoms with Gasteiger partial charge in [0, 0.05) is 13.0 Å². The average molecular weight is 681 g/mol. The van der Waals surface area contributed by atoms with Gasteiger partial charge in [0.15, 0.2) is 0 Å². The Labute approximate surface area is 295 Å². The summed E-state index contributed by atoms with van der Waals surface area (Å²) in [5.74, 6) is -2.38. The van der Waals surface area contributed by atoms with Gasteiger partial charge in [-0.25, -0.2) is 9.59 Å². The van der Waals surface area contributed by atoms with Crippen molar-refractivity contribution in [2.45, 2.75) is 76.7 Å². The van der Waals surface area contributed by atoms with E-state index in [1.54, 1.807) is 53.0 Å². The number of ether oxygens (including phenoxy) is 3. The second-order valence-corrected chi connectivity index (χ2v) is 13.5. The first-order valence-corrected chi connectivity index (χ1v) is 16.9. The van der Waals surface area contributed by atoms with Crippen LogP contribution in [-0.4, -0.2) is 60.2 Å². The molecule has 0 aliphatic heterocycles. The number of benzene rings is 3. The number of hydrogen-bond donors (Lipinski definition) is 1. The molecule has 0 aromatic heterocycles. The molecule has 2 amide bonds. The lowest BCUT2D eigenvalue weighted by molar-refractivity contribution is -0.160. The molecular weight excluding hydrogens is 632 g/mol. The maximum absolute atomic E-state index is 13.8. The summed E-state index contributed by atoms with van der Waals surface area (Å²) in [5, 5.41) is 2.66. The van der Waals surface area contributed by atoms with E-state index in [4.69, 9.17) is 14.2 Å². The number of alkyl carbamates (subject to hydrolysis) is 1. The number of hydrogen-bond acceptors (Lipinski definition) is 7. The molecule has 0 fully saturated rings. The van der Waals surface area contributed by atoms with Gasteiger partial charge in [0.05, 0.1) is 18.4 Å². The molecule has 9 heteroatoms. The Morgan fingerprint density at radius 1 is 0.860 bits per heavy atom. The van der Waals surface area contributed by atoms with E-state index in [-0.39, 0.29) is 37.7 Å². The first-order valence-electron chi connectivity index (χ1n) is 16.9. The molecule has 3 aromatic rings. The number of fused-ring (bicyclic) bond motifs is 3. The SMILES string of the molecule is C=CCC(CC(=O)OC(C)(C)C)C(=O)N(C)[C@@H](C)[C@H](OC(=O)C(CC=C)NC(=O)OCC1c2ccccc2-c2ccccc21)c1ccccc1. The third kappa shape index (κ3) is 9.49. The summed E-state index contributed by atoms with van der Waals surface area (Å²) in [4.78, 5) is 54.8. The largest absolute Gasteiger partial charge is 0.460 e. The molecule has 0 saturated carbocycles. The fraction of sp³-hybridized carbons (Fsp3) is 0.366. The normalized spacial score (nSPS) is 14.5. The fourth-order valence-electron chi connectivity index (χ4n) is 6.21. The predicted octanol–water partition coefficient (Wildman–Crippen LogP) is 7.53. The number of likely N-dealkylation sites (N-methyl/N-ethyl adjacent to an activating group) is 1. The number of nitrogens with zero attached hydrogens (tertiary/aromatic N) is 1. The summed E-state index contributed by atoms with van der Waals surface area (Å²) in [6, 6.07) is 23.4. The van der Waals surface area contributed by atoms with Gasteiger partial charge in [-0.1, -0.05) is 91.0 Å². The summed E-state index contributed by atoms with van der Waals surface area (Å²) in [6.45, 7) is 14.7. The minimum absolute atomic E-state index is 0.0848. The van der Waals surface area contributed by atoms with Crippen LogP contribution in [0.1, 0.15) is 75.7 Å². The summed E-state index contributed by atoms with van der Waals surface area (Å²) >= 11 is 0. The predicted molar refractivity (Wildman–Crippen MR) is 193 cm³/mol. The van der Waals surface area contributed by atoms with Gasteiger partial charge in [-0.3, -0.25) is 9.59 Å². The molecule has 0 radical (unpaired) electrons. The smallest absolute Gasteiger partial charge is 0.407 e. The summed E-state index contributed by atoms with van der Waals surface area (Å²) in [5.41, 5.74) is 4.32. The van der Waals surface area contributed by atoms with E-state index in [2.05, 4.69) is 30.6 Å². The monoisotopic (exact) mass is 680 g/mol. The van der Waals surface area contributed by atoms with Crippen molar-refractivity contribution >= 4 is 23.9 Å². The van der Waals surface area contributed by atoms with Crippen molar-refractivity contribution in [1.29, 1.82) is 0 Å². The minimum Gasteiger partial charge on any atom is -0.460 e. The standard InChI is InChI=1S/C41H48N2O7/c1-8-17-29(25-36(44)50-41(4,5)6)38(45)43(7)27(3)37(28-19-11-10-12-20-28)49-39(46)35(18-9-2)42-40(47)48-26-34-32-23-15-13-21-30(32)31-22-14-16-24-33(31)34/h8-16,19-24,27,29,34-35,37H,1-2,17-18,25-26H2,3-7H3,(H,42,47)/t27-,29?,35?,37-/m0/s1. The highest BCUT2D eigenvalue weighted by Crippen LogP contribution is 2.44. The van der Waals surface area contributed by atoms with Crippen molar-refractivity contribution in [2.24, 2.45) is 5.92 Å². The van der Waals surface area contributed by atoms with E-state index in [1.807, 2.05) is 54.6 Å². The number of nitrogens with one attached hydrogen (secondary N) is 1. The number of carbonyl (C=O) groups excluding carboxylic acids is 4.